The Morgan fingerprint density at radius 3 is 2.39 bits per heavy atom. The molecule has 3 fully saturated rings. The number of nitrogens with zero attached hydrogens (tertiary/aromatic N) is 6. The van der Waals surface area contributed by atoms with Gasteiger partial charge in [0.05, 0.1) is 5.25 Å². The Balaban J connectivity index is 1.58. The zero-order valence-corrected chi connectivity index (χ0v) is 26.9. The van der Waals surface area contributed by atoms with Crippen molar-refractivity contribution in [1.29, 1.82) is 5.41 Å². The summed E-state index contributed by atoms with van der Waals surface area (Å²) < 4.78 is 29.7. The summed E-state index contributed by atoms with van der Waals surface area (Å²) in [5.74, 6) is 4.76. The molecule has 44 heavy (non-hydrogen) atoms. The Kier molecular flexibility index (Phi) is 9.36. The number of anilines is 2. The second-order valence-electron chi connectivity index (χ2n) is 12.9. The SMILES string of the molecule is C#C[C@H]1CC[C@H](Cn2c(N3CCN(S(=O)(=O)C(C)C)C[C@H]3C)nc3nc(C(=N)NC(=O)O)nc(N[C@H](C)C4CCC4)c32)CC1. The van der Waals surface area contributed by atoms with Gasteiger partial charge in [-0.2, -0.15) is 9.29 Å². The molecule has 240 valence electrons. The molecule has 2 aliphatic carbocycles. The van der Waals surface area contributed by atoms with Crippen molar-refractivity contribution in [3.05, 3.63) is 5.82 Å². The number of terminal acetylenes is 1. The van der Waals surface area contributed by atoms with Gasteiger partial charge >= 0.3 is 6.09 Å². The van der Waals surface area contributed by atoms with Gasteiger partial charge in [-0.3, -0.25) is 10.7 Å². The summed E-state index contributed by atoms with van der Waals surface area (Å²) in [6.45, 7) is 9.33. The smallest absolute Gasteiger partial charge is 0.410 e. The maximum absolute atomic E-state index is 13.0. The van der Waals surface area contributed by atoms with Crippen LogP contribution < -0.4 is 15.5 Å². The van der Waals surface area contributed by atoms with Crippen LogP contribution in [0.1, 0.15) is 78.5 Å². The fourth-order valence-corrected chi connectivity index (χ4v) is 7.94. The van der Waals surface area contributed by atoms with Gasteiger partial charge in [0.15, 0.2) is 23.1 Å². The standard InChI is InChI=1S/C30H45N9O4S/c1-6-21-10-12-22(13-11-21)17-39-24-26(32-20(5)23-8-7-9-23)34-28(25(31)33-30(40)41)35-27(24)36-29(39)38-15-14-37(16-19(38)4)44(42,43)18(2)3/h1,18-23H,7-17H2,2-5H3,(H2,31,33)(H,40,41)(H,32,34,35)/t19-,20-,21-,22-/m1/s1. The van der Waals surface area contributed by atoms with Crippen LogP contribution in [-0.4, -0.2) is 86.2 Å². The van der Waals surface area contributed by atoms with E-state index in [4.69, 9.17) is 16.8 Å². The molecular weight excluding hydrogens is 582 g/mol. The Labute approximate surface area is 259 Å². The molecule has 4 N–H and O–H groups in total. The first-order valence-electron chi connectivity index (χ1n) is 15.7. The molecule has 1 saturated heterocycles. The van der Waals surface area contributed by atoms with Crippen LogP contribution in [0, 0.1) is 35.5 Å². The molecule has 5 rings (SSSR count). The van der Waals surface area contributed by atoms with Crippen LogP contribution in [0.2, 0.25) is 0 Å². The van der Waals surface area contributed by atoms with Gasteiger partial charge in [0.2, 0.25) is 16.0 Å². The van der Waals surface area contributed by atoms with Crippen LogP contribution in [0.3, 0.4) is 0 Å². The predicted octanol–water partition coefficient (Wildman–Crippen LogP) is 3.71. The highest BCUT2D eigenvalue weighted by Crippen LogP contribution is 2.36. The van der Waals surface area contributed by atoms with Crippen molar-refractivity contribution in [3.63, 3.8) is 0 Å². The predicted molar refractivity (Wildman–Crippen MR) is 170 cm³/mol. The maximum atomic E-state index is 13.0. The van der Waals surface area contributed by atoms with E-state index in [1.807, 2.05) is 6.92 Å². The average Bonchev–Trinajstić information content (AvgIpc) is 3.29. The quantitative estimate of drug-likeness (QED) is 0.184. The summed E-state index contributed by atoms with van der Waals surface area (Å²) in [4.78, 5) is 27.8. The van der Waals surface area contributed by atoms with Crippen molar-refractivity contribution in [2.75, 3.05) is 29.9 Å². The third-order valence-electron chi connectivity index (χ3n) is 9.59. The number of amides is 1. The molecule has 2 atom stereocenters. The van der Waals surface area contributed by atoms with Crippen molar-refractivity contribution in [1.82, 2.24) is 29.1 Å². The number of piperazine rings is 1. The largest absolute Gasteiger partial charge is 0.465 e. The summed E-state index contributed by atoms with van der Waals surface area (Å²) in [6, 6.07) is -0.0485. The number of sulfonamides is 1. The molecule has 0 spiro atoms. The number of aromatic nitrogens is 4. The zero-order chi connectivity index (χ0) is 31.8. The second-order valence-corrected chi connectivity index (χ2v) is 15.4. The Bertz CT molecular complexity index is 1540. The van der Waals surface area contributed by atoms with E-state index in [-0.39, 0.29) is 17.9 Å². The molecule has 13 nitrogen and oxygen atoms in total. The average molecular weight is 628 g/mol. The summed E-state index contributed by atoms with van der Waals surface area (Å²) in [5.41, 5.74) is 1.08. The van der Waals surface area contributed by atoms with Crippen molar-refractivity contribution in [2.45, 2.75) is 96.5 Å². The number of amidine groups is 1. The highest BCUT2D eigenvalue weighted by atomic mass is 32.2. The van der Waals surface area contributed by atoms with Gasteiger partial charge in [-0.15, -0.1) is 12.3 Å². The van der Waals surface area contributed by atoms with Crippen LogP contribution in [-0.2, 0) is 16.6 Å². The molecule has 0 unspecified atom stereocenters. The molecule has 2 aromatic heterocycles. The number of fused-ring (bicyclic) bond motifs is 1. The Hall–Kier alpha value is -3.44. The van der Waals surface area contributed by atoms with E-state index in [2.05, 4.69) is 42.9 Å². The first-order valence-corrected chi connectivity index (χ1v) is 17.2. The zero-order valence-electron chi connectivity index (χ0n) is 26.1. The van der Waals surface area contributed by atoms with Crippen LogP contribution in [0.25, 0.3) is 11.2 Å². The summed E-state index contributed by atoms with van der Waals surface area (Å²) in [6.07, 6.45) is 11.7. The number of carboxylic acid groups (broad SMARTS) is 1. The minimum atomic E-state index is -3.40. The first-order chi connectivity index (χ1) is 20.9. The van der Waals surface area contributed by atoms with Gasteiger partial charge in [-0.05, 0) is 78.1 Å². The van der Waals surface area contributed by atoms with Crippen molar-refractivity contribution in [3.8, 4) is 12.3 Å². The Morgan fingerprint density at radius 2 is 1.82 bits per heavy atom. The van der Waals surface area contributed by atoms with Crippen molar-refractivity contribution in [2.24, 2.45) is 17.8 Å². The first kappa shape index (κ1) is 32.0. The van der Waals surface area contributed by atoms with Gasteiger partial charge in [-0.25, -0.2) is 23.2 Å². The minimum absolute atomic E-state index is 0.0603. The number of hydrogen-bond acceptors (Lipinski definition) is 9. The van der Waals surface area contributed by atoms with Crippen LogP contribution in [0.4, 0.5) is 16.6 Å². The van der Waals surface area contributed by atoms with E-state index in [1.165, 1.54) is 6.42 Å². The van der Waals surface area contributed by atoms with E-state index in [9.17, 15) is 18.3 Å². The molecule has 14 heteroatoms. The molecule has 1 amide bonds. The Morgan fingerprint density at radius 1 is 1.11 bits per heavy atom. The third kappa shape index (κ3) is 6.49. The molecule has 1 aliphatic heterocycles. The lowest BCUT2D eigenvalue weighted by Crippen LogP contribution is -2.55. The van der Waals surface area contributed by atoms with Gasteiger partial charge < -0.3 is 19.9 Å². The molecule has 0 bridgehead atoms. The maximum Gasteiger partial charge on any atom is 0.410 e. The molecular formula is C30H45N9O4S. The monoisotopic (exact) mass is 627 g/mol. The van der Waals surface area contributed by atoms with Crippen LogP contribution >= 0.6 is 0 Å². The normalized spacial score (nSPS) is 24.1. The number of nitrogens with one attached hydrogen (secondary N) is 3. The van der Waals surface area contributed by atoms with Crippen LogP contribution in [0.15, 0.2) is 0 Å². The third-order valence-corrected chi connectivity index (χ3v) is 11.8. The number of hydrogen-bond donors (Lipinski definition) is 4. The second kappa shape index (κ2) is 12.9. The lowest BCUT2D eigenvalue weighted by atomic mass is 9.80. The van der Waals surface area contributed by atoms with E-state index in [0.717, 1.165) is 38.5 Å². The van der Waals surface area contributed by atoms with Gasteiger partial charge in [-0.1, -0.05) is 6.42 Å². The fourth-order valence-electron chi connectivity index (χ4n) is 6.59. The summed E-state index contributed by atoms with van der Waals surface area (Å²) in [7, 11) is -3.40. The number of carbonyl (C=O) groups is 1. The number of rotatable bonds is 9. The molecule has 0 radical (unpaired) electrons. The molecule has 0 aromatic carbocycles. The summed E-state index contributed by atoms with van der Waals surface area (Å²) in [5, 5.41) is 22.7. The van der Waals surface area contributed by atoms with Gasteiger partial charge in [0, 0.05) is 44.2 Å². The molecule has 3 aliphatic rings. The fraction of sp³-hybridized carbons (Fsp3) is 0.700. The van der Waals surface area contributed by atoms with Crippen molar-refractivity contribution >= 4 is 44.9 Å². The van der Waals surface area contributed by atoms with Gasteiger partial charge in [0.1, 0.15) is 5.52 Å². The van der Waals surface area contributed by atoms with E-state index in [0.29, 0.717) is 66.9 Å². The minimum Gasteiger partial charge on any atom is -0.465 e. The van der Waals surface area contributed by atoms with Crippen molar-refractivity contribution < 1.29 is 18.3 Å². The van der Waals surface area contributed by atoms with Gasteiger partial charge in [0.25, 0.3) is 0 Å². The lowest BCUT2D eigenvalue weighted by Gasteiger charge is -2.40. The topological polar surface area (TPSA) is 169 Å². The molecule has 3 heterocycles. The molecule has 2 saturated carbocycles. The van der Waals surface area contributed by atoms with E-state index < -0.39 is 27.2 Å². The highest BCUT2D eigenvalue weighted by Gasteiger charge is 2.36. The lowest BCUT2D eigenvalue weighted by molar-refractivity contribution is 0.200. The van der Waals surface area contributed by atoms with E-state index >= 15 is 0 Å². The summed E-state index contributed by atoms with van der Waals surface area (Å²) >= 11 is 0. The highest BCUT2D eigenvalue weighted by molar-refractivity contribution is 7.89. The molecule has 2 aromatic rings. The van der Waals surface area contributed by atoms with E-state index in [1.54, 1.807) is 18.2 Å². The number of imidazole rings is 1. The van der Waals surface area contributed by atoms with Crippen LogP contribution in [0.5, 0.6) is 0 Å².